The third kappa shape index (κ3) is 16.9. The van der Waals surface area contributed by atoms with Crippen molar-refractivity contribution < 1.29 is 223 Å². The summed E-state index contributed by atoms with van der Waals surface area (Å²) < 4.78 is 184. The van der Waals surface area contributed by atoms with Gasteiger partial charge in [-0.3, -0.25) is 0 Å². The minimum atomic E-state index is -5.28. The third-order valence-electron chi connectivity index (χ3n) is 12.6. The normalized spacial score (nSPS) is 12.3. The number of aromatic hydroxyl groups is 2. The molecule has 0 bridgehead atoms. The predicted molar refractivity (Wildman–Crippen MR) is 301 cm³/mol. The van der Waals surface area contributed by atoms with Crippen LogP contribution in [0.4, 0.5) is 68.2 Å². The quantitative estimate of drug-likeness (QED) is 0.0281. The number of benzene rings is 10. The van der Waals surface area contributed by atoms with E-state index >= 15 is 0 Å². The number of phenols is 2. The van der Waals surface area contributed by atoms with Gasteiger partial charge in [-0.15, -0.1) is 30.7 Å². The van der Waals surface area contributed by atoms with Crippen molar-refractivity contribution in [1.29, 1.82) is 0 Å². The first-order valence-corrected chi connectivity index (χ1v) is 30.7. The van der Waals surface area contributed by atoms with E-state index in [9.17, 15) is 75.1 Å². The van der Waals surface area contributed by atoms with Crippen LogP contribution in [0.2, 0.25) is 0 Å². The maximum absolute atomic E-state index is 12.7. The SMILES string of the molecule is Nc1ccc2c(O)c(N=Nc3ccc(N=Nc4ccc(Nc5ccc(N=Nc6ccc(N=Nc7c(S(=O)(=O)[O-])cc8cc(N)ccc8c7O)c7cc(S(=O)(=O)[O-])ccc67)cc5)c(S(=O)(=O)[O-])c4)c4cc(S(=O)(=O)[O-])ccc34)c(S(=O)(=O)[O-])cc2c1.[Na+].[Na+].[Na+].[Na+].[Na+]. The summed E-state index contributed by atoms with van der Waals surface area (Å²) in [6.45, 7) is 0. The number of anilines is 4. The molecule has 0 fully saturated rings. The van der Waals surface area contributed by atoms with Crippen LogP contribution in [0.15, 0.2) is 217 Å². The molecule has 38 heteroatoms. The van der Waals surface area contributed by atoms with Crippen molar-refractivity contribution in [3.63, 3.8) is 0 Å². The van der Waals surface area contributed by atoms with Crippen LogP contribution in [0.5, 0.6) is 11.5 Å². The van der Waals surface area contributed by atoms with Crippen molar-refractivity contribution >= 4 is 162 Å². The van der Waals surface area contributed by atoms with Crippen LogP contribution < -0.4 is 165 Å². The third-order valence-corrected chi connectivity index (χ3v) is 16.8. The van der Waals surface area contributed by atoms with E-state index in [1.165, 1.54) is 103 Å². The Labute approximate surface area is 621 Å². The van der Waals surface area contributed by atoms with E-state index < -0.39 is 97.9 Å². The Morgan fingerprint density at radius 3 is 1.08 bits per heavy atom. The molecular weight excluding hydrogens is 1330 g/mol. The zero-order chi connectivity index (χ0) is 61.1. The number of hydrogen-bond donors (Lipinski definition) is 5. The smallest absolute Gasteiger partial charge is 0.744 e. The van der Waals surface area contributed by atoms with Crippen LogP contribution in [-0.2, 0) is 50.6 Å². The summed E-state index contributed by atoms with van der Waals surface area (Å²) in [6, 6.07) is 30.4. The molecule has 90 heavy (non-hydrogen) atoms. The zero-order valence-electron chi connectivity index (χ0n) is 47.2. The molecule has 28 nitrogen and oxygen atoms in total. The monoisotopic (exact) mass is 1360 g/mol. The molecule has 10 aromatic rings. The van der Waals surface area contributed by atoms with Crippen LogP contribution in [0.3, 0.4) is 0 Å². The van der Waals surface area contributed by atoms with E-state index in [4.69, 9.17) is 11.5 Å². The van der Waals surface area contributed by atoms with Crippen molar-refractivity contribution in [1.82, 2.24) is 0 Å². The van der Waals surface area contributed by atoms with Gasteiger partial charge in [-0.25, -0.2) is 42.1 Å². The second-order valence-corrected chi connectivity index (χ2v) is 25.0. The van der Waals surface area contributed by atoms with Gasteiger partial charge in [-0.05, 0) is 150 Å². The number of nitrogens with zero attached hydrogens (tertiary/aromatic N) is 8. The summed E-state index contributed by atoms with van der Waals surface area (Å²) >= 11 is 0. The summed E-state index contributed by atoms with van der Waals surface area (Å²) in [5.41, 5.74) is 10.1. The van der Waals surface area contributed by atoms with Crippen LogP contribution in [0, 0.1) is 0 Å². The minimum absolute atomic E-state index is 0. The van der Waals surface area contributed by atoms with Crippen LogP contribution in [0.25, 0.3) is 43.1 Å². The first-order valence-electron chi connectivity index (χ1n) is 23.6. The number of hydrogen-bond acceptors (Lipinski definition) is 28. The Morgan fingerprint density at radius 1 is 0.333 bits per heavy atom. The number of rotatable bonds is 15. The van der Waals surface area contributed by atoms with Crippen LogP contribution in [0.1, 0.15) is 0 Å². The molecule has 0 aliphatic rings. The van der Waals surface area contributed by atoms with Gasteiger partial charge in [0.05, 0.1) is 64.3 Å². The molecule has 0 saturated carbocycles. The fourth-order valence-electron chi connectivity index (χ4n) is 8.65. The van der Waals surface area contributed by atoms with Crippen molar-refractivity contribution in [2.24, 2.45) is 40.9 Å². The summed E-state index contributed by atoms with van der Waals surface area (Å²) in [4.78, 5) is -4.11. The first kappa shape index (κ1) is 75.9. The van der Waals surface area contributed by atoms with Gasteiger partial charge in [0.2, 0.25) is 0 Å². The standard InChI is InChI=1S/C52H37N11O17S5.5Na/c53-28-1-10-35-26(19-28)21-47(84(75,76)77)49(51(35)64)62-60-42-16-17-43(39-24-33(81(66,67)68)9-13-38(39)42)59-57-32-7-14-45(46(23-32)83(72,73)74)55-30-3-5-31(6-4-30)56-58-41-15-18-44(40-25-34(82(69,70)71)8-12-37(40)41)61-63-50-48(85(78,79)80)22-27-20-29(54)2-11-36(27)52(50)65;;;;;/h1-25,55,64-65H,53-54H2,(H,66,67,68)(H,69,70,71)(H,72,73,74)(H,75,76,77)(H,78,79,80);;;;;/q;5*+1/p-5. The number of azo groups is 4. The van der Waals surface area contributed by atoms with Gasteiger partial charge in [0, 0.05) is 49.4 Å². The molecule has 0 spiro atoms. The molecule has 7 N–H and O–H groups in total. The van der Waals surface area contributed by atoms with Crippen molar-refractivity contribution in [2.45, 2.75) is 24.5 Å². The van der Waals surface area contributed by atoms with E-state index in [2.05, 4.69) is 46.2 Å². The van der Waals surface area contributed by atoms with E-state index in [1.54, 1.807) is 0 Å². The molecule has 0 saturated heterocycles. The van der Waals surface area contributed by atoms with E-state index in [-0.39, 0.29) is 248 Å². The summed E-state index contributed by atoms with van der Waals surface area (Å²) in [7, 11) is -26.0. The van der Waals surface area contributed by atoms with E-state index in [0.29, 0.717) is 0 Å². The molecular formula is C52H32N11Na5O17S5. The molecule has 432 valence electrons. The Balaban J connectivity index is 0.00000295. The molecule has 10 aromatic carbocycles. The topological polar surface area (TPSA) is 489 Å². The van der Waals surface area contributed by atoms with Gasteiger partial charge in [0.25, 0.3) is 0 Å². The fraction of sp³-hybridized carbons (Fsp3) is 0. The molecule has 0 aliphatic carbocycles. The largest absolute Gasteiger partial charge is 1.00 e. The summed E-state index contributed by atoms with van der Waals surface area (Å²) in [5, 5.41) is 57.7. The van der Waals surface area contributed by atoms with E-state index in [1.807, 2.05) is 0 Å². The van der Waals surface area contributed by atoms with Gasteiger partial charge in [-0.1, -0.05) is 12.1 Å². The van der Waals surface area contributed by atoms with Gasteiger partial charge in [0.1, 0.15) is 62.0 Å². The molecule has 0 radical (unpaired) electrons. The van der Waals surface area contributed by atoms with Crippen molar-refractivity contribution in [2.75, 3.05) is 16.8 Å². The number of nitrogens with two attached hydrogens (primary N) is 2. The average molecular weight is 1360 g/mol. The Morgan fingerprint density at radius 2 is 0.689 bits per heavy atom. The Hall–Kier alpha value is -4.81. The average Bonchev–Trinajstić information content (AvgIpc) is 0.799. The van der Waals surface area contributed by atoms with Crippen LogP contribution >= 0.6 is 0 Å². The van der Waals surface area contributed by atoms with Crippen LogP contribution in [-0.4, -0.2) is 75.1 Å². The fourth-order valence-corrected chi connectivity index (χ4v) is 11.6. The maximum atomic E-state index is 12.7. The Kier molecular flexibility index (Phi) is 25.0. The van der Waals surface area contributed by atoms with Gasteiger partial charge in [0.15, 0.2) is 11.5 Å². The second kappa shape index (κ2) is 29.6. The second-order valence-electron chi connectivity index (χ2n) is 18.2. The van der Waals surface area contributed by atoms with Gasteiger partial charge < -0.3 is 49.8 Å². The van der Waals surface area contributed by atoms with E-state index in [0.717, 1.165) is 48.5 Å². The summed E-state index contributed by atoms with van der Waals surface area (Å²) in [6.07, 6.45) is 0. The van der Waals surface area contributed by atoms with Gasteiger partial charge >= 0.3 is 148 Å². The molecule has 0 heterocycles. The zero-order valence-corrected chi connectivity index (χ0v) is 61.3. The number of nitrogens with one attached hydrogen (secondary N) is 1. The Bertz CT molecular complexity index is 5270. The molecule has 0 atom stereocenters. The number of phenolic OH excluding ortho intramolecular Hbond substituents is 2. The van der Waals surface area contributed by atoms with Gasteiger partial charge in [-0.2, -0.15) is 10.2 Å². The molecule has 0 amide bonds. The predicted octanol–water partition coefficient (Wildman–Crippen LogP) is -4.18. The molecule has 0 aromatic heterocycles. The van der Waals surface area contributed by atoms with Crippen molar-refractivity contribution in [3.8, 4) is 11.5 Å². The number of nitrogen functional groups attached to an aromatic ring is 2. The molecule has 10 rings (SSSR count). The molecule has 0 unspecified atom stereocenters. The molecule has 0 aliphatic heterocycles. The summed E-state index contributed by atoms with van der Waals surface area (Å²) in [5.74, 6) is -1.47. The number of fused-ring (bicyclic) bond motifs is 4. The maximum Gasteiger partial charge on any atom is 1.00 e. The minimum Gasteiger partial charge on any atom is -0.744 e. The van der Waals surface area contributed by atoms with Crippen molar-refractivity contribution in [3.05, 3.63) is 152 Å². The first-order chi connectivity index (χ1) is 39.9.